The van der Waals surface area contributed by atoms with Crippen LogP contribution < -0.4 is 15.7 Å². The maximum atomic E-state index is 12.2. The Kier molecular flexibility index (Phi) is 7.30. The van der Waals surface area contributed by atoms with E-state index in [-0.39, 0.29) is 16.5 Å². The van der Waals surface area contributed by atoms with Gasteiger partial charge in [0.25, 0.3) is 0 Å². The van der Waals surface area contributed by atoms with E-state index in [1.807, 2.05) is 0 Å². The molecular formula is C20H28N4O5S. The van der Waals surface area contributed by atoms with Gasteiger partial charge in [-0.15, -0.1) is 0 Å². The van der Waals surface area contributed by atoms with Crippen molar-refractivity contribution in [3.63, 3.8) is 0 Å². The molecule has 0 unspecified atom stereocenters. The van der Waals surface area contributed by atoms with Gasteiger partial charge in [-0.1, -0.05) is 0 Å². The van der Waals surface area contributed by atoms with Crippen LogP contribution in [0.15, 0.2) is 34.0 Å². The van der Waals surface area contributed by atoms with Crippen molar-refractivity contribution in [1.82, 2.24) is 19.7 Å². The van der Waals surface area contributed by atoms with Crippen molar-refractivity contribution < 1.29 is 17.9 Å². The van der Waals surface area contributed by atoms with Gasteiger partial charge in [0, 0.05) is 38.7 Å². The minimum Gasteiger partial charge on any atom is -0.494 e. The molecule has 0 atom stereocenters. The lowest BCUT2D eigenvalue weighted by molar-refractivity contribution is -0.121. The summed E-state index contributed by atoms with van der Waals surface area (Å²) in [6.45, 7) is 2.09. The third-order valence-electron chi connectivity index (χ3n) is 4.97. The van der Waals surface area contributed by atoms with E-state index in [0.717, 1.165) is 37.9 Å². The zero-order valence-corrected chi connectivity index (χ0v) is 18.0. The number of aryl methyl sites for hydroxylation is 2. The Morgan fingerprint density at radius 1 is 1.20 bits per heavy atom. The van der Waals surface area contributed by atoms with Crippen molar-refractivity contribution in [2.75, 3.05) is 19.4 Å². The molecule has 30 heavy (non-hydrogen) atoms. The Hall–Kier alpha value is -2.62. The SMILES string of the molecule is CS(=O)(=O)c1ccc(OCCCC(=O)NCCCn2nc3n(c2=O)CCCC3)cc1. The van der Waals surface area contributed by atoms with Crippen molar-refractivity contribution in [2.45, 2.75) is 56.5 Å². The molecule has 0 bridgehead atoms. The quantitative estimate of drug-likeness (QED) is 0.559. The van der Waals surface area contributed by atoms with Gasteiger partial charge in [0.05, 0.1) is 11.5 Å². The molecule has 0 aliphatic carbocycles. The second-order valence-corrected chi connectivity index (χ2v) is 9.45. The summed E-state index contributed by atoms with van der Waals surface area (Å²) in [5.41, 5.74) is -0.0576. The molecule has 1 N–H and O–H groups in total. The Balaban J connectivity index is 1.30. The van der Waals surface area contributed by atoms with Crippen LogP contribution in [0.4, 0.5) is 0 Å². The molecule has 0 saturated carbocycles. The molecule has 0 radical (unpaired) electrons. The highest BCUT2D eigenvalue weighted by Crippen LogP contribution is 2.16. The highest BCUT2D eigenvalue weighted by Gasteiger charge is 2.16. The molecule has 1 aliphatic heterocycles. The molecule has 0 saturated heterocycles. The molecule has 9 nitrogen and oxygen atoms in total. The second kappa shape index (κ2) is 9.92. The molecule has 2 aromatic rings. The van der Waals surface area contributed by atoms with Crippen LogP contribution in [-0.4, -0.2) is 48.1 Å². The highest BCUT2D eigenvalue weighted by molar-refractivity contribution is 7.90. The molecule has 1 aliphatic rings. The van der Waals surface area contributed by atoms with E-state index in [2.05, 4.69) is 10.4 Å². The number of fused-ring (bicyclic) bond motifs is 1. The van der Waals surface area contributed by atoms with E-state index in [4.69, 9.17) is 4.74 Å². The summed E-state index contributed by atoms with van der Waals surface area (Å²) in [5, 5.41) is 7.23. The number of nitrogens with one attached hydrogen (secondary N) is 1. The minimum absolute atomic E-state index is 0.0576. The number of carbonyl (C=O) groups is 1. The Morgan fingerprint density at radius 2 is 1.97 bits per heavy atom. The van der Waals surface area contributed by atoms with Crippen LogP contribution in [0, 0.1) is 0 Å². The molecular weight excluding hydrogens is 408 g/mol. The van der Waals surface area contributed by atoms with Crippen molar-refractivity contribution in [3.05, 3.63) is 40.6 Å². The van der Waals surface area contributed by atoms with Gasteiger partial charge in [0.2, 0.25) is 5.91 Å². The van der Waals surface area contributed by atoms with Gasteiger partial charge in [-0.3, -0.25) is 9.36 Å². The van der Waals surface area contributed by atoms with Crippen molar-refractivity contribution in [1.29, 1.82) is 0 Å². The smallest absolute Gasteiger partial charge is 0.345 e. The fourth-order valence-electron chi connectivity index (χ4n) is 3.35. The Bertz CT molecular complexity index is 1020. The summed E-state index contributed by atoms with van der Waals surface area (Å²) in [5.74, 6) is 1.36. The lowest BCUT2D eigenvalue weighted by Crippen LogP contribution is -2.29. The fraction of sp³-hybridized carbons (Fsp3) is 0.550. The monoisotopic (exact) mass is 436 g/mol. The largest absolute Gasteiger partial charge is 0.494 e. The molecule has 1 aromatic carbocycles. The third-order valence-corrected chi connectivity index (χ3v) is 6.10. The Morgan fingerprint density at radius 3 is 2.67 bits per heavy atom. The minimum atomic E-state index is -3.22. The van der Waals surface area contributed by atoms with Gasteiger partial charge in [-0.2, -0.15) is 5.10 Å². The van der Waals surface area contributed by atoms with Crippen LogP contribution in [0.2, 0.25) is 0 Å². The molecule has 1 amide bonds. The molecule has 0 spiro atoms. The highest BCUT2D eigenvalue weighted by atomic mass is 32.2. The summed E-state index contributed by atoms with van der Waals surface area (Å²) in [6, 6.07) is 6.21. The zero-order valence-electron chi connectivity index (χ0n) is 17.2. The van der Waals surface area contributed by atoms with E-state index in [9.17, 15) is 18.0 Å². The van der Waals surface area contributed by atoms with Crippen LogP contribution in [0.1, 0.15) is 37.9 Å². The number of hydrogen-bond acceptors (Lipinski definition) is 6. The Labute approximate surface area is 176 Å². The average molecular weight is 437 g/mol. The second-order valence-electron chi connectivity index (χ2n) is 7.43. The van der Waals surface area contributed by atoms with Gasteiger partial charge in [-0.25, -0.2) is 17.9 Å². The number of benzene rings is 1. The first-order valence-electron chi connectivity index (χ1n) is 10.2. The van der Waals surface area contributed by atoms with E-state index in [1.165, 1.54) is 16.8 Å². The topological polar surface area (TPSA) is 112 Å². The predicted octanol–water partition coefficient (Wildman–Crippen LogP) is 1.15. The number of hydrogen-bond donors (Lipinski definition) is 1. The first-order valence-corrected chi connectivity index (χ1v) is 12.1. The lowest BCUT2D eigenvalue weighted by Gasteiger charge is -2.09. The fourth-order valence-corrected chi connectivity index (χ4v) is 3.98. The zero-order chi connectivity index (χ0) is 21.6. The van der Waals surface area contributed by atoms with Gasteiger partial charge < -0.3 is 10.1 Å². The molecule has 0 fully saturated rings. The van der Waals surface area contributed by atoms with E-state index in [1.54, 1.807) is 16.7 Å². The number of sulfone groups is 1. The molecule has 10 heteroatoms. The van der Waals surface area contributed by atoms with Gasteiger partial charge in [0.1, 0.15) is 11.6 Å². The van der Waals surface area contributed by atoms with E-state index in [0.29, 0.717) is 44.7 Å². The van der Waals surface area contributed by atoms with Crippen LogP contribution in [-0.2, 0) is 34.1 Å². The summed E-state index contributed by atoms with van der Waals surface area (Å²) >= 11 is 0. The molecule has 164 valence electrons. The van der Waals surface area contributed by atoms with Gasteiger partial charge >= 0.3 is 5.69 Å². The van der Waals surface area contributed by atoms with Crippen LogP contribution in [0.25, 0.3) is 0 Å². The maximum absolute atomic E-state index is 12.2. The standard InChI is InChI=1S/C20H28N4O5S/c1-30(27,28)17-10-8-16(9-11-17)29-15-4-7-19(25)21-12-5-14-24-20(26)23-13-3-2-6-18(23)22-24/h8-11H,2-7,12-15H2,1H3,(H,21,25). The van der Waals surface area contributed by atoms with Gasteiger partial charge in [-0.05, 0) is 49.9 Å². The van der Waals surface area contributed by atoms with Crippen molar-refractivity contribution in [2.24, 2.45) is 0 Å². The van der Waals surface area contributed by atoms with Crippen molar-refractivity contribution in [3.8, 4) is 5.75 Å². The van der Waals surface area contributed by atoms with E-state index < -0.39 is 9.84 Å². The average Bonchev–Trinajstić information content (AvgIpc) is 3.04. The first-order chi connectivity index (χ1) is 14.3. The lowest BCUT2D eigenvalue weighted by atomic mass is 10.2. The van der Waals surface area contributed by atoms with Gasteiger partial charge in [0.15, 0.2) is 9.84 Å². The number of nitrogens with zero attached hydrogens (tertiary/aromatic N) is 3. The van der Waals surface area contributed by atoms with Crippen LogP contribution >= 0.6 is 0 Å². The number of ether oxygens (including phenoxy) is 1. The van der Waals surface area contributed by atoms with Crippen molar-refractivity contribution >= 4 is 15.7 Å². The predicted molar refractivity (Wildman–Crippen MR) is 111 cm³/mol. The summed E-state index contributed by atoms with van der Waals surface area (Å²) < 4.78 is 31.6. The first kappa shape index (κ1) is 22.1. The number of aromatic nitrogens is 3. The molecule has 2 heterocycles. The summed E-state index contributed by atoms with van der Waals surface area (Å²) in [7, 11) is -3.22. The third kappa shape index (κ3) is 5.94. The maximum Gasteiger partial charge on any atom is 0.345 e. The summed E-state index contributed by atoms with van der Waals surface area (Å²) in [4.78, 5) is 24.4. The number of carbonyl (C=O) groups excluding carboxylic acids is 1. The summed E-state index contributed by atoms with van der Waals surface area (Å²) in [6.07, 6.45) is 5.62. The van der Waals surface area contributed by atoms with Crippen LogP contribution in [0.3, 0.4) is 0 Å². The number of amides is 1. The van der Waals surface area contributed by atoms with Crippen LogP contribution in [0.5, 0.6) is 5.75 Å². The molecule has 1 aromatic heterocycles. The normalized spacial score (nSPS) is 13.6. The van der Waals surface area contributed by atoms with E-state index >= 15 is 0 Å². The number of rotatable bonds is 10. The molecule has 3 rings (SSSR count).